The molecule has 0 fully saturated rings. The minimum atomic E-state index is -1.04. The molecule has 0 heterocycles. The van der Waals surface area contributed by atoms with Crippen LogP contribution in [-0.2, 0) is 22.6 Å². The van der Waals surface area contributed by atoms with Gasteiger partial charge in [0.15, 0.2) is 0 Å². The van der Waals surface area contributed by atoms with Crippen molar-refractivity contribution < 1.29 is 19.4 Å². The molecule has 4 N–H and O–H groups in total. The van der Waals surface area contributed by atoms with E-state index in [1.807, 2.05) is 13.8 Å². The SMILES string of the molecule is CC(C)OCc1ccc(-c2ccc([C@H](CNC(=O)c3ccc(C[C@H](N)C(=O)O)cc3)C(C)C)cc2)cc1. The van der Waals surface area contributed by atoms with Crippen LogP contribution >= 0.6 is 0 Å². The summed E-state index contributed by atoms with van der Waals surface area (Å²) in [5.74, 6) is -0.690. The maximum atomic E-state index is 12.8. The number of carboxylic acids is 1. The minimum Gasteiger partial charge on any atom is -0.480 e. The van der Waals surface area contributed by atoms with E-state index < -0.39 is 12.0 Å². The van der Waals surface area contributed by atoms with E-state index in [9.17, 15) is 9.59 Å². The van der Waals surface area contributed by atoms with Crippen LogP contribution in [0.1, 0.15) is 60.7 Å². The Hall–Kier alpha value is -3.48. The third kappa shape index (κ3) is 8.27. The van der Waals surface area contributed by atoms with Gasteiger partial charge in [-0.3, -0.25) is 9.59 Å². The fourth-order valence-corrected chi connectivity index (χ4v) is 4.16. The average molecular weight is 503 g/mol. The van der Waals surface area contributed by atoms with Crippen LogP contribution in [0.15, 0.2) is 72.8 Å². The molecule has 0 aliphatic rings. The molecule has 3 rings (SSSR count). The lowest BCUT2D eigenvalue weighted by Gasteiger charge is -2.22. The molecule has 2 atom stereocenters. The zero-order valence-electron chi connectivity index (χ0n) is 22.1. The van der Waals surface area contributed by atoms with Crippen LogP contribution in [-0.4, -0.2) is 35.7 Å². The fourth-order valence-electron chi connectivity index (χ4n) is 4.16. The number of ether oxygens (including phenoxy) is 1. The zero-order chi connectivity index (χ0) is 26.9. The summed E-state index contributed by atoms with van der Waals surface area (Å²) in [6, 6.07) is 22.9. The van der Waals surface area contributed by atoms with Gasteiger partial charge in [-0.15, -0.1) is 0 Å². The summed E-state index contributed by atoms with van der Waals surface area (Å²) in [6.07, 6.45) is 0.431. The standard InChI is InChI=1S/C31H38N2O4/c1-20(2)28(18-33-30(34)27-11-5-22(6-12-27)17-29(32)31(35)36)26-15-13-25(14-16-26)24-9-7-23(8-10-24)19-37-21(3)4/h5-16,20-21,28-29H,17-19,32H2,1-4H3,(H,33,34)(H,35,36)/t28-,29+/m1/s1. The molecule has 37 heavy (non-hydrogen) atoms. The van der Waals surface area contributed by atoms with Crippen LogP contribution < -0.4 is 11.1 Å². The lowest BCUT2D eigenvalue weighted by atomic mass is 9.87. The number of carboxylic acid groups (broad SMARTS) is 1. The molecule has 0 unspecified atom stereocenters. The predicted octanol–water partition coefficient (Wildman–Crippen LogP) is 5.40. The van der Waals surface area contributed by atoms with E-state index in [0.717, 1.165) is 22.3 Å². The summed E-state index contributed by atoms with van der Waals surface area (Å²) >= 11 is 0. The van der Waals surface area contributed by atoms with Crippen molar-refractivity contribution in [3.63, 3.8) is 0 Å². The van der Waals surface area contributed by atoms with Crippen LogP contribution in [0.4, 0.5) is 0 Å². The van der Waals surface area contributed by atoms with Crippen molar-refractivity contribution >= 4 is 11.9 Å². The number of hydrogen-bond donors (Lipinski definition) is 3. The molecule has 0 bridgehead atoms. The molecule has 0 aliphatic carbocycles. The number of carbonyl (C=O) groups is 2. The molecular weight excluding hydrogens is 464 g/mol. The second-order valence-electron chi connectivity index (χ2n) is 10.1. The van der Waals surface area contributed by atoms with Crippen molar-refractivity contribution in [2.24, 2.45) is 11.7 Å². The third-order valence-corrected chi connectivity index (χ3v) is 6.49. The monoisotopic (exact) mass is 502 g/mol. The first-order valence-electron chi connectivity index (χ1n) is 12.8. The Balaban J connectivity index is 1.61. The first-order chi connectivity index (χ1) is 17.6. The van der Waals surface area contributed by atoms with Gasteiger partial charge in [-0.25, -0.2) is 0 Å². The fraction of sp³-hybridized carbons (Fsp3) is 0.355. The summed E-state index contributed by atoms with van der Waals surface area (Å²) in [6.45, 7) is 9.51. The number of aliphatic carboxylic acids is 1. The normalized spacial score (nSPS) is 12.9. The highest BCUT2D eigenvalue weighted by Gasteiger charge is 2.18. The molecule has 1 amide bonds. The summed E-state index contributed by atoms with van der Waals surface area (Å²) in [5, 5.41) is 12.0. The number of carbonyl (C=O) groups excluding carboxylic acids is 1. The number of rotatable bonds is 12. The molecule has 6 heteroatoms. The van der Waals surface area contributed by atoms with Crippen LogP contribution in [0.3, 0.4) is 0 Å². The van der Waals surface area contributed by atoms with E-state index in [-0.39, 0.29) is 24.3 Å². The van der Waals surface area contributed by atoms with Gasteiger partial charge in [0, 0.05) is 18.0 Å². The smallest absolute Gasteiger partial charge is 0.320 e. The molecule has 0 aliphatic heterocycles. The molecule has 0 saturated carbocycles. The highest BCUT2D eigenvalue weighted by Crippen LogP contribution is 2.27. The van der Waals surface area contributed by atoms with Gasteiger partial charge in [-0.05, 0) is 66.1 Å². The molecule has 3 aromatic rings. The van der Waals surface area contributed by atoms with Gasteiger partial charge in [0.05, 0.1) is 12.7 Å². The largest absolute Gasteiger partial charge is 0.480 e. The van der Waals surface area contributed by atoms with Gasteiger partial charge in [0.1, 0.15) is 6.04 Å². The minimum absolute atomic E-state index is 0.155. The van der Waals surface area contributed by atoms with Crippen LogP contribution in [0.5, 0.6) is 0 Å². The maximum absolute atomic E-state index is 12.8. The van der Waals surface area contributed by atoms with E-state index in [0.29, 0.717) is 24.6 Å². The summed E-state index contributed by atoms with van der Waals surface area (Å²) in [5.41, 5.74) is 11.6. The molecule has 0 aromatic heterocycles. The second-order valence-corrected chi connectivity index (χ2v) is 10.1. The molecule has 6 nitrogen and oxygen atoms in total. The Morgan fingerprint density at radius 2 is 1.38 bits per heavy atom. The maximum Gasteiger partial charge on any atom is 0.320 e. The molecule has 3 aromatic carbocycles. The lowest BCUT2D eigenvalue weighted by molar-refractivity contribution is -0.138. The highest BCUT2D eigenvalue weighted by molar-refractivity contribution is 5.94. The van der Waals surface area contributed by atoms with Crippen molar-refractivity contribution in [2.45, 2.75) is 58.8 Å². The average Bonchev–Trinajstić information content (AvgIpc) is 2.88. The third-order valence-electron chi connectivity index (χ3n) is 6.49. The topological polar surface area (TPSA) is 102 Å². The van der Waals surface area contributed by atoms with Crippen molar-refractivity contribution in [1.82, 2.24) is 5.32 Å². The number of nitrogens with two attached hydrogens (primary N) is 1. The number of hydrogen-bond acceptors (Lipinski definition) is 4. The van der Waals surface area contributed by atoms with E-state index in [1.165, 1.54) is 5.56 Å². The van der Waals surface area contributed by atoms with Crippen molar-refractivity contribution in [3.05, 3.63) is 95.1 Å². The summed E-state index contributed by atoms with van der Waals surface area (Å²) in [7, 11) is 0. The van der Waals surface area contributed by atoms with Gasteiger partial charge in [-0.1, -0.05) is 74.5 Å². The van der Waals surface area contributed by atoms with Gasteiger partial charge in [-0.2, -0.15) is 0 Å². The summed E-state index contributed by atoms with van der Waals surface area (Å²) in [4.78, 5) is 23.7. The van der Waals surface area contributed by atoms with Crippen molar-refractivity contribution in [3.8, 4) is 11.1 Å². The Morgan fingerprint density at radius 3 is 1.89 bits per heavy atom. The zero-order valence-corrected chi connectivity index (χ0v) is 22.1. The Labute approximate surface area is 219 Å². The molecule has 0 radical (unpaired) electrons. The van der Waals surface area contributed by atoms with Gasteiger partial charge >= 0.3 is 5.97 Å². The Bertz CT molecular complexity index is 1150. The predicted molar refractivity (Wildman–Crippen MR) is 147 cm³/mol. The van der Waals surface area contributed by atoms with Crippen molar-refractivity contribution in [1.29, 1.82) is 0 Å². The first-order valence-corrected chi connectivity index (χ1v) is 12.8. The van der Waals surface area contributed by atoms with Gasteiger partial charge < -0.3 is 20.9 Å². The van der Waals surface area contributed by atoms with Gasteiger partial charge in [0.25, 0.3) is 5.91 Å². The lowest BCUT2D eigenvalue weighted by Crippen LogP contribution is -2.32. The van der Waals surface area contributed by atoms with Gasteiger partial charge in [0.2, 0.25) is 0 Å². The van der Waals surface area contributed by atoms with Crippen LogP contribution in [0, 0.1) is 5.92 Å². The van der Waals surface area contributed by atoms with E-state index >= 15 is 0 Å². The quantitative estimate of drug-likeness (QED) is 0.308. The van der Waals surface area contributed by atoms with E-state index in [1.54, 1.807) is 24.3 Å². The van der Waals surface area contributed by atoms with Crippen LogP contribution in [0.25, 0.3) is 11.1 Å². The molecular formula is C31H38N2O4. The van der Waals surface area contributed by atoms with E-state index in [2.05, 4.69) is 67.7 Å². The molecule has 0 saturated heterocycles. The Kier molecular flexibility index (Phi) is 10.0. The van der Waals surface area contributed by atoms with E-state index in [4.69, 9.17) is 15.6 Å². The summed E-state index contributed by atoms with van der Waals surface area (Å²) < 4.78 is 5.68. The molecule has 196 valence electrons. The number of benzene rings is 3. The second kappa shape index (κ2) is 13.2. The van der Waals surface area contributed by atoms with Crippen LogP contribution in [0.2, 0.25) is 0 Å². The highest BCUT2D eigenvalue weighted by atomic mass is 16.5. The Morgan fingerprint density at radius 1 is 0.838 bits per heavy atom. The molecule has 0 spiro atoms. The first kappa shape index (κ1) is 28.1. The number of nitrogens with one attached hydrogen (secondary N) is 1. The van der Waals surface area contributed by atoms with Crippen molar-refractivity contribution in [2.75, 3.05) is 6.54 Å². The number of amides is 1.